The van der Waals surface area contributed by atoms with Crippen LogP contribution in [-0.2, 0) is 4.79 Å². The Balaban J connectivity index is 1.69. The van der Waals surface area contributed by atoms with E-state index in [9.17, 15) is 40.5 Å². The number of carbonyl (C=O) groups excluding carboxylic acids is 1. The van der Waals surface area contributed by atoms with Crippen LogP contribution < -0.4 is 0 Å². The van der Waals surface area contributed by atoms with E-state index in [1.165, 1.54) is 6.08 Å². The zero-order chi connectivity index (χ0) is 26.4. The highest BCUT2D eigenvalue weighted by Gasteiger charge is 2.70. The molecule has 35 heavy (non-hydrogen) atoms. The number of hydrogen-bond donors (Lipinski definition) is 7. The van der Waals surface area contributed by atoms with E-state index in [0.717, 1.165) is 0 Å². The second kappa shape index (κ2) is 8.32. The molecule has 0 aromatic rings. The minimum absolute atomic E-state index is 0.0638. The van der Waals surface area contributed by atoms with Gasteiger partial charge in [0.05, 0.1) is 35.1 Å². The fraction of sp³-hybridized carbons (Fsp3) is 0.889. The topological polar surface area (TPSA) is 159 Å². The molecular weight excluding hydrogens is 452 g/mol. The Morgan fingerprint density at radius 3 is 2.29 bits per heavy atom. The third kappa shape index (κ3) is 3.78. The van der Waals surface area contributed by atoms with Gasteiger partial charge in [0.15, 0.2) is 5.78 Å². The molecule has 4 aliphatic carbocycles. The minimum atomic E-state index is -1.52. The molecule has 11 atom stereocenters. The van der Waals surface area contributed by atoms with Gasteiger partial charge in [-0.25, -0.2) is 0 Å². The van der Waals surface area contributed by atoms with Gasteiger partial charge in [0.25, 0.3) is 0 Å². The lowest BCUT2D eigenvalue weighted by Gasteiger charge is -2.61. The van der Waals surface area contributed by atoms with Gasteiger partial charge in [-0.05, 0) is 89.2 Å². The predicted octanol–water partition coefficient (Wildman–Crippen LogP) is 0.825. The molecule has 3 unspecified atom stereocenters. The fourth-order valence-electron chi connectivity index (χ4n) is 8.35. The highest BCUT2D eigenvalue weighted by molar-refractivity contribution is 5.95. The summed E-state index contributed by atoms with van der Waals surface area (Å²) in [5.41, 5.74) is -5.21. The van der Waals surface area contributed by atoms with Crippen molar-refractivity contribution in [1.29, 1.82) is 0 Å². The molecule has 0 radical (unpaired) electrons. The first-order valence-corrected chi connectivity index (χ1v) is 13.1. The molecule has 0 aromatic heterocycles. The second-order valence-corrected chi connectivity index (χ2v) is 13.2. The Kier molecular flexibility index (Phi) is 6.46. The van der Waals surface area contributed by atoms with E-state index in [1.54, 1.807) is 27.7 Å². The summed E-state index contributed by atoms with van der Waals surface area (Å²) in [6.45, 7) is 8.59. The molecule has 200 valence electrons. The van der Waals surface area contributed by atoms with Crippen LogP contribution in [0.4, 0.5) is 0 Å². The van der Waals surface area contributed by atoms with Gasteiger partial charge in [-0.3, -0.25) is 4.79 Å². The maximum atomic E-state index is 13.3. The van der Waals surface area contributed by atoms with Crippen molar-refractivity contribution in [2.45, 2.75) is 121 Å². The average molecular weight is 497 g/mol. The quantitative estimate of drug-likeness (QED) is 0.295. The fourth-order valence-corrected chi connectivity index (χ4v) is 8.35. The summed E-state index contributed by atoms with van der Waals surface area (Å²) in [7, 11) is 0. The largest absolute Gasteiger partial charge is 0.390 e. The van der Waals surface area contributed by atoms with Gasteiger partial charge in [0.2, 0.25) is 0 Å². The van der Waals surface area contributed by atoms with E-state index in [0.29, 0.717) is 37.7 Å². The highest BCUT2D eigenvalue weighted by Crippen LogP contribution is 2.68. The van der Waals surface area contributed by atoms with Crippen LogP contribution in [0, 0.1) is 28.6 Å². The standard InChI is InChI=1S/C27H44O8/c1-23(2,33)9-8-20(30)26(5,34)19-7-11-27(35)15-12-17(28)16-13-18(29)21(31)22(32)25(16,4)14(15)6-10-24(19,27)3/h12,14,16,18-22,29-35H,6-11,13H2,1-5H3/t14?,16-,18+,19+,20+,21-,22?,24+,25+,26?,27+/m0/s1. The number of aliphatic hydroxyl groups excluding tert-OH is 4. The molecular formula is C27H44O8. The van der Waals surface area contributed by atoms with Crippen molar-refractivity contribution in [2.24, 2.45) is 28.6 Å². The third-order valence-corrected chi connectivity index (χ3v) is 10.7. The molecule has 3 saturated carbocycles. The monoisotopic (exact) mass is 496 g/mol. The van der Waals surface area contributed by atoms with Gasteiger partial charge in [-0.2, -0.15) is 0 Å². The molecule has 7 N–H and O–H groups in total. The van der Waals surface area contributed by atoms with Gasteiger partial charge >= 0.3 is 0 Å². The lowest BCUT2D eigenvalue weighted by Crippen LogP contribution is -2.66. The van der Waals surface area contributed by atoms with E-state index in [1.807, 2.05) is 6.92 Å². The van der Waals surface area contributed by atoms with Crippen molar-refractivity contribution in [1.82, 2.24) is 0 Å². The Labute approximate surface area is 207 Å². The molecule has 0 amide bonds. The highest BCUT2D eigenvalue weighted by atomic mass is 16.4. The average Bonchev–Trinajstić information content (AvgIpc) is 3.04. The molecule has 0 aromatic carbocycles. The molecule has 3 fully saturated rings. The normalized spacial score (nSPS) is 48.3. The lowest BCUT2D eigenvalue weighted by molar-refractivity contribution is -0.205. The molecule has 0 saturated heterocycles. The van der Waals surface area contributed by atoms with Gasteiger partial charge in [0, 0.05) is 16.7 Å². The SMILES string of the molecule is CC(C)(O)CC[C@@H](O)C(C)(O)[C@@H]1CC[C@@]2(O)C3=CC(=O)[C@@H]4C[C@@H](O)[C@H](O)C(O)[C@]4(C)C3CC[C@]12C. The number of ketones is 1. The van der Waals surface area contributed by atoms with E-state index in [4.69, 9.17) is 0 Å². The molecule has 0 spiro atoms. The van der Waals surface area contributed by atoms with Crippen molar-refractivity contribution in [3.8, 4) is 0 Å². The number of rotatable bonds is 5. The van der Waals surface area contributed by atoms with Crippen LogP contribution in [0.25, 0.3) is 0 Å². The third-order valence-electron chi connectivity index (χ3n) is 10.7. The number of allylic oxidation sites excluding steroid dienone is 1. The van der Waals surface area contributed by atoms with Gasteiger partial charge in [-0.1, -0.05) is 13.8 Å². The summed E-state index contributed by atoms with van der Waals surface area (Å²) in [4.78, 5) is 13.3. The van der Waals surface area contributed by atoms with E-state index in [-0.39, 0.29) is 24.5 Å². The van der Waals surface area contributed by atoms with Gasteiger partial charge < -0.3 is 35.7 Å². The number of fused-ring (bicyclic) bond motifs is 5. The van der Waals surface area contributed by atoms with Crippen molar-refractivity contribution in [3.63, 3.8) is 0 Å². The summed E-state index contributed by atoms with van der Waals surface area (Å²) in [5.74, 6) is -1.73. The summed E-state index contributed by atoms with van der Waals surface area (Å²) in [5, 5.41) is 76.6. The Morgan fingerprint density at radius 2 is 1.69 bits per heavy atom. The van der Waals surface area contributed by atoms with Crippen LogP contribution in [0.5, 0.6) is 0 Å². The second-order valence-electron chi connectivity index (χ2n) is 13.2. The van der Waals surface area contributed by atoms with Gasteiger partial charge in [-0.15, -0.1) is 0 Å². The summed E-state index contributed by atoms with van der Waals surface area (Å²) in [6, 6.07) is 0. The van der Waals surface area contributed by atoms with E-state index in [2.05, 4.69) is 0 Å². The lowest BCUT2D eigenvalue weighted by atomic mass is 9.45. The van der Waals surface area contributed by atoms with Crippen LogP contribution in [0.3, 0.4) is 0 Å². The molecule has 0 aliphatic heterocycles. The zero-order valence-electron chi connectivity index (χ0n) is 21.6. The molecule has 8 nitrogen and oxygen atoms in total. The first-order chi connectivity index (χ1) is 15.9. The first kappa shape index (κ1) is 27.2. The van der Waals surface area contributed by atoms with Crippen molar-refractivity contribution >= 4 is 5.78 Å². The summed E-state index contributed by atoms with van der Waals surface area (Å²) < 4.78 is 0. The maximum Gasteiger partial charge on any atom is 0.159 e. The Morgan fingerprint density at radius 1 is 1.06 bits per heavy atom. The van der Waals surface area contributed by atoms with Gasteiger partial charge in [0.1, 0.15) is 6.10 Å². The molecule has 4 aliphatic rings. The van der Waals surface area contributed by atoms with Crippen LogP contribution in [-0.4, -0.2) is 82.7 Å². The van der Waals surface area contributed by atoms with Crippen LogP contribution in [0.1, 0.15) is 79.6 Å². The smallest absolute Gasteiger partial charge is 0.159 e. The summed E-state index contributed by atoms with van der Waals surface area (Å²) >= 11 is 0. The summed E-state index contributed by atoms with van der Waals surface area (Å²) in [6.07, 6.45) is -1.09. The molecule has 0 bridgehead atoms. The Bertz CT molecular complexity index is 892. The van der Waals surface area contributed by atoms with Crippen LogP contribution in [0.15, 0.2) is 11.6 Å². The zero-order valence-corrected chi connectivity index (χ0v) is 21.6. The maximum absolute atomic E-state index is 13.3. The van der Waals surface area contributed by atoms with Crippen LogP contribution in [0.2, 0.25) is 0 Å². The number of hydrogen-bond acceptors (Lipinski definition) is 8. The van der Waals surface area contributed by atoms with E-state index < -0.39 is 63.9 Å². The number of aliphatic hydroxyl groups is 7. The molecule has 0 heterocycles. The molecule has 8 heteroatoms. The van der Waals surface area contributed by atoms with Crippen molar-refractivity contribution in [2.75, 3.05) is 0 Å². The van der Waals surface area contributed by atoms with E-state index >= 15 is 0 Å². The van der Waals surface area contributed by atoms with Crippen molar-refractivity contribution < 1.29 is 40.5 Å². The van der Waals surface area contributed by atoms with Crippen molar-refractivity contribution in [3.05, 3.63) is 11.6 Å². The molecule has 4 rings (SSSR count). The number of carbonyl (C=O) groups is 1. The minimum Gasteiger partial charge on any atom is -0.390 e. The first-order valence-electron chi connectivity index (χ1n) is 13.1. The predicted molar refractivity (Wildman–Crippen MR) is 128 cm³/mol. The van der Waals surface area contributed by atoms with Crippen LogP contribution >= 0.6 is 0 Å². The Hall–Kier alpha value is -0.870.